The van der Waals surface area contributed by atoms with Crippen molar-refractivity contribution in [1.82, 2.24) is 9.97 Å². The molecule has 4 unspecified atom stereocenters. The Bertz CT molecular complexity index is 1030. The van der Waals surface area contributed by atoms with Gasteiger partial charge in [0.1, 0.15) is 11.7 Å². The molecule has 0 saturated carbocycles. The first kappa shape index (κ1) is 19.5. The van der Waals surface area contributed by atoms with Crippen LogP contribution >= 0.6 is 11.6 Å². The third-order valence-corrected chi connectivity index (χ3v) is 5.90. The van der Waals surface area contributed by atoms with Gasteiger partial charge < -0.3 is 10.2 Å². The number of anilines is 2. The molecule has 1 aromatic heterocycles. The third-order valence-electron chi connectivity index (χ3n) is 5.65. The van der Waals surface area contributed by atoms with E-state index in [1.807, 2.05) is 6.07 Å². The number of fused-ring (bicyclic) bond motifs is 1. The molecule has 4 rings (SSSR count). The monoisotopic (exact) mass is 411 g/mol. The number of nitrogens with one attached hydrogen (secondary N) is 2. The van der Waals surface area contributed by atoms with Gasteiger partial charge in [0.05, 0.1) is 11.6 Å². The Balaban J connectivity index is 1.81. The Hall–Kier alpha value is -2.85. The number of hydrogen-bond acceptors (Lipinski definition) is 5. The Morgan fingerprint density at radius 2 is 1.83 bits per heavy atom. The second-order valence-electron chi connectivity index (χ2n) is 8.13. The molecule has 1 amide bonds. The molecule has 1 saturated heterocycles. The predicted octanol–water partition coefficient (Wildman–Crippen LogP) is 3.13. The number of nitrogens with zero attached hydrogens (tertiary/aromatic N) is 3. The third kappa shape index (κ3) is 3.60. The first-order valence-electron chi connectivity index (χ1n) is 9.72. The number of amides is 1. The minimum atomic E-state index is -1.02. The lowest BCUT2D eigenvalue weighted by Gasteiger charge is -2.36. The molecular weight excluding hydrogens is 390 g/mol. The lowest BCUT2D eigenvalue weighted by Crippen LogP contribution is -2.42. The van der Waals surface area contributed by atoms with Crippen molar-refractivity contribution in [2.24, 2.45) is 17.8 Å². The zero-order chi connectivity index (χ0) is 20.7. The average Bonchev–Trinajstić information content (AvgIpc) is 2.66. The first-order valence-corrected chi connectivity index (χ1v) is 10.1. The van der Waals surface area contributed by atoms with Crippen molar-refractivity contribution in [3.05, 3.63) is 50.8 Å². The quantitative estimate of drug-likeness (QED) is 0.790. The van der Waals surface area contributed by atoms with Crippen molar-refractivity contribution in [1.29, 1.82) is 5.26 Å². The van der Waals surface area contributed by atoms with Gasteiger partial charge in [-0.25, -0.2) is 0 Å². The Morgan fingerprint density at radius 1 is 1.17 bits per heavy atom. The number of H-pyrrole nitrogens is 1. The van der Waals surface area contributed by atoms with Crippen LogP contribution in [0, 0.1) is 29.1 Å². The minimum Gasteiger partial charge on any atom is -0.342 e. The summed E-state index contributed by atoms with van der Waals surface area (Å²) in [6.07, 6.45) is 1.13. The summed E-state index contributed by atoms with van der Waals surface area (Å²) in [4.78, 5) is 35.2. The molecule has 2 aromatic rings. The zero-order valence-corrected chi connectivity index (χ0v) is 17.0. The van der Waals surface area contributed by atoms with Gasteiger partial charge in [-0.3, -0.25) is 14.6 Å². The van der Waals surface area contributed by atoms with E-state index in [1.165, 1.54) is 0 Å². The fourth-order valence-electron chi connectivity index (χ4n) is 4.51. The van der Waals surface area contributed by atoms with Crippen molar-refractivity contribution < 1.29 is 4.79 Å². The van der Waals surface area contributed by atoms with Crippen LogP contribution in [0.5, 0.6) is 0 Å². The number of benzene rings is 1. The summed E-state index contributed by atoms with van der Waals surface area (Å²) in [6.45, 7) is 5.94. The van der Waals surface area contributed by atoms with Crippen molar-refractivity contribution in [3.63, 3.8) is 0 Å². The molecule has 7 nitrogen and oxygen atoms in total. The molecule has 0 bridgehead atoms. The van der Waals surface area contributed by atoms with Gasteiger partial charge in [0.15, 0.2) is 0 Å². The average molecular weight is 412 g/mol. The summed E-state index contributed by atoms with van der Waals surface area (Å²) in [5.74, 6) is -0.523. The van der Waals surface area contributed by atoms with E-state index in [1.54, 1.807) is 24.3 Å². The molecule has 2 N–H and O–H groups in total. The highest BCUT2D eigenvalue weighted by molar-refractivity contribution is 6.30. The smallest absolute Gasteiger partial charge is 0.258 e. The lowest BCUT2D eigenvalue weighted by atomic mass is 9.79. The molecule has 29 heavy (non-hydrogen) atoms. The molecule has 2 aliphatic heterocycles. The summed E-state index contributed by atoms with van der Waals surface area (Å²) in [7, 11) is 0. The highest BCUT2D eigenvalue weighted by atomic mass is 35.5. The number of aromatic nitrogens is 2. The summed E-state index contributed by atoms with van der Waals surface area (Å²) in [5, 5.41) is 12.8. The molecule has 0 spiro atoms. The van der Waals surface area contributed by atoms with Crippen LogP contribution in [0.15, 0.2) is 29.1 Å². The van der Waals surface area contributed by atoms with Gasteiger partial charge in [-0.2, -0.15) is 10.2 Å². The highest BCUT2D eigenvalue weighted by Crippen LogP contribution is 2.38. The number of halogens is 1. The van der Waals surface area contributed by atoms with E-state index < -0.39 is 17.7 Å². The molecule has 3 heterocycles. The second-order valence-corrected chi connectivity index (χ2v) is 8.56. The Morgan fingerprint density at radius 3 is 2.45 bits per heavy atom. The van der Waals surface area contributed by atoms with Crippen molar-refractivity contribution in [2.75, 3.05) is 23.3 Å². The number of piperidine rings is 1. The lowest BCUT2D eigenvalue weighted by molar-refractivity contribution is -0.119. The molecule has 1 aromatic carbocycles. The van der Waals surface area contributed by atoms with Crippen molar-refractivity contribution in [3.8, 4) is 6.07 Å². The van der Waals surface area contributed by atoms with E-state index in [0.29, 0.717) is 33.9 Å². The van der Waals surface area contributed by atoms with Crippen LogP contribution < -0.4 is 15.8 Å². The minimum absolute atomic E-state index is 0.228. The van der Waals surface area contributed by atoms with Gasteiger partial charge in [0.2, 0.25) is 11.9 Å². The summed E-state index contributed by atoms with van der Waals surface area (Å²) < 4.78 is 0. The molecule has 0 aliphatic carbocycles. The van der Waals surface area contributed by atoms with E-state index >= 15 is 0 Å². The largest absolute Gasteiger partial charge is 0.342 e. The topological polar surface area (TPSA) is 102 Å². The molecule has 150 valence electrons. The van der Waals surface area contributed by atoms with E-state index in [4.69, 9.17) is 11.6 Å². The summed E-state index contributed by atoms with van der Waals surface area (Å²) >= 11 is 5.98. The van der Waals surface area contributed by atoms with E-state index in [-0.39, 0.29) is 11.4 Å². The number of rotatable bonds is 2. The maximum Gasteiger partial charge on any atom is 0.258 e. The molecule has 8 heteroatoms. The maximum absolute atomic E-state index is 13.1. The molecule has 2 aliphatic rings. The zero-order valence-electron chi connectivity index (χ0n) is 16.3. The Labute approximate surface area is 173 Å². The standard InChI is InChI=1S/C21H22ClN5O2/c1-11-7-12(2)10-27(9-11)21-25-18-17(20(29)26-21)16(15(8-23)19(28)24-18)13-3-5-14(22)6-4-13/h3-6,11-12,15-16H,7,9-10H2,1-2H3,(H2,24,25,26,28,29). The van der Waals surface area contributed by atoms with Crippen LogP contribution in [-0.4, -0.2) is 29.0 Å². The van der Waals surface area contributed by atoms with Gasteiger partial charge in [-0.15, -0.1) is 0 Å². The van der Waals surface area contributed by atoms with Crippen LogP contribution in [0.3, 0.4) is 0 Å². The van der Waals surface area contributed by atoms with Gasteiger partial charge in [0.25, 0.3) is 5.56 Å². The SMILES string of the molecule is CC1CC(C)CN(c2nc3c(c(=O)[nH]2)C(c2ccc(Cl)cc2)C(C#N)C(=O)N3)C1. The number of hydrogen-bond donors (Lipinski definition) is 2. The predicted molar refractivity (Wildman–Crippen MR) is 111 cm³/mol. The van der Waals surface area contributed by atoms with Crippen molar-refractivity contribution >= 4 is 29.3 Å². The van der Waals surface area contributed by atoms with E-state index in [2.05, 4.69) is 34.0 Å². The maximum atomic E-state index is 13.1. The first-order chi connectivity index (χ1) is 13.9. The van der Waals surface area contributed by atoms with Crippen LogP contribution in [0.2, 0.25) is 5.02 Å². The fourth-order valence-corrected chi connectivity index (χ4v) is 4.64. The van der Waals surface area contributed by atoms with Crippen LogP contribution in [-0.2, 0) is 4.79 Å². The second kappa shape index (κ2) is 7.53. The molecular formula is C21H22ClN5O2. The Kier molecular flexibility index (Phi) is 5.05. The van der Waals surface area contributed by atoms with Gasteiger partial charge in [0, 0.05) is 24.0 Å². The summed E-state index contributed by atoms with van der Waals surface area (Å²) in [6, 6.07) is 8.88. The number of carbonyl (C=O) groups is 1. The normalized spacial score (nSPS) is 26.4. The van der Waals surface area contributed by atoms with Gasteiger partial charge in [-0.1, -0.05) is 37.6 Å². The fraction of sp³-hybridized carbons (Fsp3) is 0.429. The number of nitriles is 1. The van der Waals surface area contributed by atoms with Crippen LogP contribution in [0.25, 0.3) is 0 Å². The van der Waals surface area contributed by atoms with Crippen molar-refractivity contribution in [2.45, 2.75) is 26.2 Å². The number of carbonyl (C=O) groups excluding carboxylic acids is 1. The van der Waals surface area contributed by atoms with Gasteiger partial charge in [-0.05, 0) is 36.0 Å². The van der Waals surface area contributed by atoms with E-state index in [0.717, 1.165) is 19.5 Å². The molecule has 1 fully saturated rings. The van der Waals surface area contributed by atoms with E-state index in [9.17, 15) is 14.9 Å². The van der Waals surface area contributed by atoms with Gasteiger partial charge >= 0.3 is 0 Å². The molecule has 4 atom stereocenters. The highest BCUT2D eigenvalue weighted by Gasteiger charge is 2.40. The van der Waals surface area contributed by atoms with Crippen LogP contribution in [0.4, 0.5) is 11.8 Å². The molecule has 0 radical (unpaired) electrons. The van der Waals surface area contributed by atoms with Crippen LogP contribution in [0.1, 0.15) is 37.3 Å². The number of aromatic amines is 1. The summed E-state index contributed by atoms with van der Waals surface area (Å²) in [5.41, 5.74) is 0.647.